The third-order valence-electron chi connectivity index (χ3n) is 5.52. The molecule has 0 saturated carbocycles. The Balaban J connectivity index is 1.64. The third-order valence-corrected chi connectivity index (χ3v) is 5.52. The van der Waals surface area contributed by atoms with Crippen molar-refractivity contribution in [3.8, 4) is 6.19 Å². The van der Waals surface area contributed by atoms with Crippen molar-refractivity contribution >= 4 is 33.5 Å². The first kappa shape index (κ1) is 20.2. The molecule has 1 N–H and O–H groups in total. The molecule has 0 spiro atoms. The monoisotopic (exact) mass is 410 g/mol. The van der Waals surface area contributed by atoms with Gasteiger partial charge in [0.1, 0.15) is 11.7 Å². The van der Waals surface area contributed by atoms with Crippen molar-refractivity contribution in [3.05, 3.63) is 84.1 Å². The van der Waals surface area contributed by atoms with Crippen LogP contribution in [0, 0.1) is 11.5 Å². The average Bonchev–Trinajstić information content (AvgIpc) is 3.14. The highest BCUT2D eigenvalue weighted by molar-refractivity contribution is 6.01. The maximum absolute atomic E-state index is 13.1. The number of rotatable bonds is 5. The molecule has 1 aromatic heterocycles. The van der Waals surface area contributed by atoms with Crippen LogP contribution in [0.15, 0.2) is 72.8 Å². The van der Waals surface area contributed by atoms with E-state index in [4.69, 9.17) is 0 Å². The lowest BCUT2D eigenvalue weighted by Gasteiger charge is -2.20. The number of amides is 2. The predicted molar refractivity (Wildman–Crippen MR) is 120 cm³/mol. The first-order valence-corrected chi connectivity index (χ1v) is 9.98. The van der Waals surface area contributed by atoms with Crippen LogP contribution in [0.1, 0.15) is 16.1 Å². The van der Waals surface area contributed by atoms with Crippen LogP contribution in [0.4, 0.5) is 0 Å². The Morgan fingerprint density at radius 3 is 2.39 bits per heavy atom. The van der Waals surface area contributed by atoms with Gasteiger partial charge in [0.05, 0.1) is 0 Å². The summed E-state index contributed by atoms with van der Waals surface area (Å²) >= 11 is 0. The fourth-order valence-electron chi connectivity index (χ4n) is 3.82. The SMILES string of the molecule is CN(C#N)C(=O)C(Cc1ccc2ccccc2c1)NC(=O)c1cc2ccccc2n1C. The number of benzene rings is 3. The maximum atomic E-state index is 13.1. The number of nitrogens with zero attached hydrogens (tertiary/aromatic N) is 3. The van der Waals surface area contributed by atoms with Gasteiger partial charge in [-0.1, -0.05) is 60.7 Å². The number of para-hydroxylation sites is 1. The number of carbonyl (C=O) groups is 2. The number of aromatic nitrogens is 1. The van der Waals surface area contributed by atoms with Crippen molar-refractivity contribution in [3.63, 3.8) is 0 Å². The lowest BCUT2D eigenvalue weighted by Crippen LogP contribution is -2.47. The number of fused-ring (bicyclic) bond motifs is 2. The Morgan fingerprint density at radius 2 is 1.68 bits per heavy atom. The molecule has 0 aliphatic heterocycles. The Labute approximate surface area is 180 Å². The second-order valence-electron chi connectivity index (χ2n) is 7.56. The molecule has 0 saturated heterocycles. The summed E-state index contributed by atoms with van der Waals surface area (Å²) in [5.74, 6) is -0.813. The second-order valence-corrected chi connectivity index (χ2v) is 7.56. The van der Waals surface area contributed by atoms with E-state index in [1.54, 1.807) is 10.6 Å². The first-order valence-electron chi connectivity index (χ1n) is 9.98. The number of hydrogen-bond acceptors (Lipinski definition) is 3. The molecule has 6 nitrogen and oxygen atoms in total. The predicted octanol–water partition coefficient (Wildman–Crippen LogP) is 3.61. The maximum Gasteiger partial charge on any atom is 0.268 e. The van der Waals surface area contributed by atoms with Crippen molar-refractivity contribution in [1.82, 2.24) is 14.8 Å². The Morgan fingerprint density at radius 1 is 1.00 bits per heavy atom. The lowest BCUT2D eigenvalue weighted by molar-refractivity contribution is -0.129. The molecule has 1 heterocycles. The Hall–Kier alpha value is -4.11. The molecule has 3 aromatic carbocycles. The average molecular weight is 410 g/mol. The molecule has 2 amide bonds. The van der Waals surface area contributed by atoms with Gasteiger partial charge in [-0.05, 0) is 28.5 Å². The molecule has 0 bridgehead atoms. The van der Waals surface area contributed by atoms with E-state index in [9.17, 15) is 14.9 Å². The number of likely N-dealkylation sites (N-methyl/N-ethyl adjacent to an activating group) is 1. The van der Waals surface area contributed by atoms with Crippen LogP contribution in [0.3, 0.4) is 0 Å². The van der Waals surface area contributed by atoms with Gasteiger partial charge in [-0.3, -0.25) is 14.5 Å². The van der Waals surface area contributed by atoms with Crippen molar-refractivity contribution in [2.45, 2.75) is 12.5 Å². The van der Waals surface area contributed by atoms with Crippen molar-refractivity contribution in [2.75, 3.05) is 7.05 Å². The molecule has 1 unspecified atom stereocenters. The highest BCUT2D eigenvalue weighted by atomic mass is 16.2. The van der Waals surface area contributed by atoms with Gasteiger partial charge in [-0.15, -0.1) is 0 Å². The minimum atomic E-state index is -0.865. The van der Waals surface area contributed by atoms with E-state index >= 15 is 0 Å². The molecule has 0 aliphatic rings. The minimum Gasteiger partial charge on any atom is -0.340 e. The topological polar surface area (TPSA) is 78.1 Å². The fraction of sp³-hybridized carbons (Fsp3) is 0.160. The van der Waals surface area contributed by atoms with Crippen molar-refractivity contribution in [2.24, 2.45) is 7.05 Å². The summed E-state index contributed by atoms with van der Waals surface area (Å²) in [6, 6.07) is 22.5. The standard InChI is InChI=1S/C25H22N4O2/c1-28(16-26)25(31)21(14-17-11-12-18-7-3-4-8-19(18)13-17)27-24(30)23-15-20-9-5-6-10-22(20)29(23)2/h3-13,15,21H,14H2,1-2H3,(H,27,30). The summed E-state index contributed by atoms with van der Waals surface area (Å²) in [6.07, 6.45) is 2.12. The highest BCUT2D eigenvalue weighted by Gasteiger charge is 2.26. The van der Waals surface area contributed by atoms with Gasteiger partial charge >= 0.3 is 0 Å². The summed E-state index contributed by atoms with van der Waals surface area (Å²) in [4.78, 5) is 26.9. The van der Waals surface area contributed by atoms with Gasteiger partial charge in [0.25, 0.3) is 11.8 Å². The van der Waals surface area contributed by atoms with Gasteiger partial charge < -0.3 is 9.88 Å². The Bertz CT molecular complexity index is 1330. The van der Waals surface area contributed by atoms with Crippen LogP contribution in [-0.2, 0) is 18.3 Å². The van der Waals surface area contributed by atoms with Crippen molar-refractivity contribution < 1.29 is 9.59 Å². The van der Waals surface area contributed by atoms with Crippen molar-refractivity contribution in [1.29, 1.82) is 5.26 Å². The van der Waals surface area contributed by atoms with E-state index in [0.29, 0.717) is 5.69 Å². The number of nitriles is 1. The van der Waals surface area contributed by atoms with Gasteiger partial charge in [0.15, 0.2) is 6.19 Å². The molecule has 154 valence electrons. The third kappa shape index (κ3) is 3.99. The number of hydrogen-bond donors (Lipinski definition) is 1. The molecule has 0 fully saturated rings. The van der Waals surface area contributed by atoms with E-state index < -0.39 is 11.9 Å². The largest absolute Gasteiger partial charge is 0.340 e. The molecule has 0 aliphatic carbocycles. The highest BCUT2D eigenvalue weighted by Crippen LogP contribution is 2.20. The lowest BCUT2D eigenvalue weighted by atomic mass is 10.0. The van der Waals surface area contributed by atoms with Crippen LogP contribution in [0.2, 0.25) is 0 Å². The molecule has 0 radical (unpaired) electrons. The van der Waals surface area contributed by atoms with Gasteiger partial charge in [-0.2, -0.15) is 5.26 Å². The molecule has 6 heteroatoms. The number of aryl methyl sites for hydroxylation is 1. The quantitative estimate of drug-likeness (QED) is 0.403. The molecule has 4 rings (SSSR count). The van der Waals surface area contributed by atoms with E-state index in [2.05, 4.69) is 5.32 Å². The van der Waals surface area contributed by atoms with E-state index in [-0.39, 0.29) is 12.3 Å². The smallest absolute Gasteiger partial charge is 0.268 e. The molecule has 4 aromatic rings. The van der Waals surface area contributed by atoms with Crippen LogP contribution < -0.4 is 5.32 Å². The van der Waals surface area contributed by atoms with Crippen LogP contribution >= 0.6 is 0 Å². The Kier molecular flexibility index (Phi) is 5.42. The van der Waals surface area contributed by atoms with E-state index in [1.165, 1.54) is 7.05 Å². The zero-order valence-corrected chi connectivity index (χ0v) is 17.4. The summed E-state index contributed by atoms with van der Waals surface area (Å²) in [5.41, 5.74) is 2.29. The normalized spacial score (nSPS) is 11.8. The summed E-state index contributed by atoms with van der Waals surface area (Å²) in [6.45, 7) is 0. The van der Waals surface area contributed by atoms with Crippen LogP contribution in [0.25, 0.3) is 21.7 Å². The first-order chi connectivity index (χ1) is 15.0. The number of carbonyl (C=O) groups excluding carboxylic acids is 2. The van der Waals surface area contributed by atoms with E-state index in [0.717, 1.165) is 32.1 Å². The summed E-state index contributed by atoms with van der Waals surface area (Å²) in [7, 11) is 3.22. The minimum absolute atomic E-state index is 0.283. The molecule has 1 atom stereocenters. The van der Waals surface area contributed by atoms with Crippen LogP contribution in [0.5, 0.6) is 0 Å². The molecular weight excluding hydrogens is 388 g/mol. The van der Waals surface area contributed by atoms with Gasteiger partial charge in [-0.25, -0.2) is 0 Å². The molecule has 31 heavy (non-hydrogen) atoms. The summed E-state index contributed by atoms with van der Waals surface area (Å²) in [5, 5.41) is 15.1. The van der Waals surface area contributed by atoms with Gasteiger partial charge in [0, 0.05) is 31.4 Å². The summed E-state index contributed by atoms with van der Waals surface area (Å²) < 4.78 is 1.80. The van der Waals surface area contributed by atoms with Crippen LogP contribution in [-0.4, -0.2) is 34.4 Å². The molecular formula is C25H22N4O2. The zero-order valence-electron chi connectivity index (χ0n) is 17.4. The van der Waals surface area contributed by atoms with Gasteiger partial charge in [0.2, 0.25) is 0 Å². The second kappa shape index (κ2) is 8.33. The zero-order chi connectivity index (χ0) is 22.0. The number of nitrogens with one attached hydrogen (secondary N) is 1. The van der Waals surface area contributed by atoms with E-state index in [1.807, 2.05) is 80.0 Å². The fourth-order valence-corrected chi connectivity index (χ4v) is 3.82.